The third kappa shape index (κ3) is 2.82. The minimum atomic E-state index is 0.281. The lowest BCUT2D eigenvalue weighted by Crippen LogP contribution is -2.38. The number of anilines is 1. The van der Waals surface area contributed by atoms with Gasteiger partial charge < -0.3 is 15.0 Å². The van der Waals surface area contributed by atoms with Crippen LogP contribution in [0.3, 0.4) is 0 Å². The lowest BCUT2D eigenvalue weighted by Gasteiger charge is -2.29. The second-order valence-corrected chi connectivity index (χ2v) is 4.81. The van der Waals surface area contributed by atoms with Crippen LogP contribution in [0.4, 0.5) is 5.82 Å². The van der Waals surface area contributed by atoms with Gasteiger partial charge in [0.2, 0.25) is 0 Å². The highest BCUT2D eigenvalue weighted by Gasteiger charge is 2.29. The molecule has 0 amide bonds. The molecule has 0 bridgehead atoms. The van der Waals surface area contributed by atoms with Crippen molar-refractivity contribution < 1.29 is 4.74 Å². The molecule has 0 saturated carbocycles. The Morgan fingerprint density at radius 1 is 1.56 bits per heavy atom. The second-order valence-electron chi connectivity index (χ2n) is 4.81. The van der Waals surface area contributed by atoms with E-state index in [1.807, 2.05) is 12.3 Å². The summed E-state index contributed by atoms with van der Waals surface area (Å²) in [5.41, 5.74) is 1.25. The van der Waals surface area contributed by atoms with Gasteiger partial charge in [-0.05, 0) is 26.0 Å². The summed E-state index contributed by atoms with van der Waals surface area (Å²) in [5.74, 6) is 1.07. The van der Waals surface area contributed by atoms with Crippen molar-refractivity contribution in [2.24, 2.45) is 0 Å². The highest BCUT2D eigenvalue weighted by atomic mass is 16.5. The Labute approximate surface area is 109 Å². The van der Waals surface area contributed by atoms with Crippen LogP contribution in [-0.4, -0.2) is 37.3 Å². The summed E-state index contributed by atoms with van der Waals surface area (Å²) in [5, 5.41) is 3.36. The Morgan fingerprint density at radius 3 is 3.06 bits per heavy atom. The van der Waals surface area contributed by atoms with Gasteiger partial charge in [-0.15, -0.1) is 0 Å². The largest absolute Gasteiger partial charge is 0.376 e. The average molecular weight is 249 g/mol. The summed E-state index contributed by atoms with van der Waals surface area (Å²) in [4.78, 5) is 6.81. The zero-order chi connectivity index (χ0) is 13.0. The van der Waals surface area contributed by atoms with Gasteiger partial charge in [-0.25, -0.2) is 4.98 Å². The molecule has 0 aliphatic carbocycles. The highest BCUT2D eigenvalue weighted by Crippen LogP contribution is 2.25. The van der Waals surface area contributed by atoms with E-state index in [2.05, 4.69) is 42.2 Å². The average Bonchev–Trinajstić information content (AvgIpc) is 2.82. The van der Waals surface area contributed by atoms with Crippen molar-refractivity contribution in [3.05, 3.63) is 23.9 Å². The number of nitrogens with one attached hydrogen (secondary N) is 1. The minimum absolute atomic E-state index is 0.281. The molecule has 1 aromatic heterocycles. The number of hydrogen-bond donors (Lipinski definition) is 1. The number of likely N-dealkylation sites (N-methyl/N-ethyl adjacent to an activating group) is 1. The molecule has 1 aliphatic heterocycles. The van der Waals surface area contributed by atoms with Gasteiger partial charge in [-0.3, -0.25) is 0 Å². The number of hydrogen-bond acceptors (Lipinski definition) is 4. The minimum Gasteiger partial charge on any atom is -0.376 e. The van der Waals surface area contributed by atoms with Crippen molar-refractivity contribution in [3.63, 3.8) is 0 Å². The normalized spacial score (nSPS) is 23.3. The smallest absolute Gasteiger partial charge is 0.133 e. The van der Waals surface area contributed by atoms with E-state index in [0.29, 0.717) is 6.04 Å². The number of aromatic nitrogens is 1. The van der Waals surface area contributed by atoms with Gasteiger partial charge >= 0.3 is 0 Å². The quantitative estimate of drug-likeness (QED) is 0.863. The van der Waals surface area contributed by atoms with E-state index in [0.717, 1.165) is 31.9 Å². The van der Waals surface area contributed by atoms with Crippen LogP contribution in [0.15, 0.2) is 18.3 Å². The fraction of sp³-hybridized carbons (Fsp3) is 0.643. The van der Waals surface area contributed by atoms with Crippen molar-refractivity contribution in [2.45, 2.75) is 39.0 Å². The molecular weight excluding hydrogens is 226 g/mol. The summed E-state index contributed by atoms with van der Waals surface area (Å²) in [7, 11) is 2.12. The Morgan fingerprint density at radius 2 is 2.39 bits per heavy atom. The highest BCUT2D eigenvalue weighted by molar-refractivity contribution is 5.47. The van der Waals surface area contributed by atoms with Gasteiger partial charge in [0.1, 0.15) is 5.82 Å². The molecule has 0 spiro atoms. The molecular formula is C14H23N3O. The molecule has 2 rings (SSSR count). The van der Waals surface area contributed by atoms with Gasteiger partial charge in [0.05, 0.1) is 12.1 Å². The van der Waals surface area contributed by atoms with Crippen LogP contribution in [0, 0.1) is 0 Å². The molecule has 2 heterocycles. The Balaban J connectivity index is 2.15. The van der Waals surface area contributed by atoms with Crippen molar-refractivity contribution >= 4 is 5.82 Å². The van der Waals surface area contributed by atoms with Crippen molar-refractivity contribution in [1.29, 1.82) is 0 Å². The molecule has 0 aromatic carbocycles. The van der Waals surface area contributed by atoms with Gasteiger partial charge in [0, 0.05) is 32.0 Å². The Hall–Kier alpha value is -1.13. The van der Waals surface area contributed by atoms with Gasteiger partial charge in [0.25, 0.3) is 0 Å². The zero-order valence-electron chi connectivity index (χ0n) is 11.5. The topological polar surface area (TPSA) is 37.4 Å². The molecule has 2 unspecified atom stereocenters. The summed E-state index contributed by atoms with van der Waals surface area (Å²) >= 11 is 0. The summed E-state index contributed by atoms with van der Waals surface area (Å²) < 4.78 is 5.64. The van der Waals surface area contributed by atoms with Crippen molar-refractivity contribution in [2.75, 3.05) is 25.1 Å². The lowest BCUT2D eigenvalue weighted by molar-refractivity contribution is 0.118. The first kappa shape index (κ1) is 13.3. The predicted molar refractivity (Wildman–Crippen MR) is 73.8 cm³/mol. The van der Waals surface area contributed by atoms with E-state index in [9.17, 15) is 0 Å². The fourth-order valence-electron chi connectivity index (χ4n) is 2.53. The molecule has 1 saturated heterocycles. The lowest BCUT2D eigenvalue weighted by atomic mass is 10.1. The molecule has 1 N–H and O–H groups in total. The standard InChI is InChI=1S/C14H23N3O/c1-4-15-10-12-6-5-8-16-14(12)17(3)13-7-9-18-11(13)2/h5-6,8,11,13,15H,4,7,9-10H2,1-3H3. The van der Waals surface area contributed by atoms with Gasteiger partial charge in [-0.1, -0.05) is 13.0 Å². The van der Waals surface area contributed by atoms with Gasteiger partial charge in [-0.2, -0.15) is 0 Å². The van der Waals surface area contributed by atoms with E-state index < -0.39 is 0 Å². The summed E-state index contributed by atoms with van der Waals surface area (Å²) in [6.45, 7) is 6.95. The molecule has 4 heteroatoms. The monoisotopic (exact) mass is 249 g/mol. The maximum absolute atomic E-state index is 5.64. The molecule has 1 aliphatic rings. The third-order valence-corrected chi connectivity index (χ3v) is 3.60. The van der Waals surface area contributed by atoms with Crippen LogP contribution < -0.4 is 10.2 Å². The molecule has 1 aromatic rings. The number of rotatable bonds is 5. The molecule has 1 fully saturated rings. The first-order valence-electron chi connectivity index (χ1n) is 6.73. The number of pyridine rings is 1. The fourth-order valence-corrected chi connectivity index (χ4v) is 2.53. The molecule has 4 nitrogen and oxygen atoms in total. The molecule has 18 heavy (non-hydrogen) atoms. The van der Waals surface area contributed by atoms with Crippen molar-refractivity contribution in [3.8, 4) is 0 Å². The van der Waals surface area contributed by atoms with Crippen LogP contribution in [0.1, 0.15) is 25.8 Å². The Kier molecular flexibility index (Phi) is 4.55. The van der Waals surface area contributed by atoms with Crippen LogP contribution >= 0.6 is 0 Å². The zero-order valence-corrected chi connectivity index (χ0v) is 11.5. The molecule has 100 valence electrons. The molecule has 0 radical (unpaired) electrons. The number of ether oxygens (including phenoxy) is 1. The maximum Gasteiger partial charge on any atom is 0.133 e. The third-order valence-electron chi connectivity index (χ3n) is 3.60. The summed E-state index contributed by atoms with van der Waals surface area (Å²) in [6, 6.07) is 4.57. The van der Waals surface area contributed by atoms with E-state index in [1.165, 1.54) is 5.56 Å². The van der Waals surface area contributed by atoms with Crippen LogP contribution in [-0.2, 0) is 11.3 Å². The second kappa shape index (κ2) is 6.16. The van der Waals surface area contributed by atoms with Crippen LogP contribution in [0.5, 0.6) is 0 Å². The van der Waals surface area contributed by atoms with Gasteiger partial charge in [0.15, 0.2) is 0 Å². The predicted octanol–water partition coefficient (Wildman–Crippen LogP) is 1.80. The van der Waals surface area contributed by atoms with Crippen LogP contribution in [0.25, 0.3) is 0 Å². The van der Waals surface area contributed by atoms with E-state index in [4.69, 9.17) is 4.74 Å². The van der Waals surface area contributed by atoms with Crippen molar-refractivity contribution in [1.82, 2.24) is 10.3 Å². The van der Waals surface area contributed by atoms with E-state index >= 15 is 0 Å². The SMILES string of the molecule is CCNCc1cccnc1N(C)C1CCOC1C. The van der Waals surface area contributed by atoms with E-state index in [1.54, 1.807) is 0 Å². The maximum atomic E-state index is 5.64. The summed E-state index contributed by atoms with van der Waals surface area (Å²) in [6.07, 6.45) is 3.22. The van der Waals surface area contributed by atoms with E-state index in [-0.39, 0.29) is 6.10 Å². The first-order chi connectivity index (χ1) is 8.74. The molecule has 2 atom stereocenters. The van der Waals surface area contributed by atoms with Crippen LogP contribution in [0.2, 0.25) is 0 Å². The first-order valence-corrected chi connectivity index (χ1v) is 6.73. The number of nitrogens with zero attached hydrogens (tertiary/aromatic N) is 2. The Bertz CT molecular complexity index is 383.